The maximum Gasteiger partial charge on any atom is 0.273 e. The van der Waals surface area contributed by atoms with Crippen molar-refractivity contribution in [2.24, 2.45) is 5.92 Å². The Kier molecular flexibility index (Phi) is 6.13. The number of hydrogen-bond acceptors (Lipinski definition) is 6. The Hall–Kier alpha value is -2.74. The highest BCUT2D eigenvalue weighted by Gasteiger charge is 2.27. The summed E-state index contributed by atoms with van der Waals surface area (Å²) in [5.41, 5.74) is 2.66. The smallest absolute Gasteiger partial charge is 0.273 e. The van der Waals surface area contributed by atoms with Crippen molar-refractivity contribution in [3.05, 3.63) is 52.1 Å². The zero-order chi connectivity index (χ0) is 21.1. The van der Waals surface area contributed by atoms with Gasteiger partial charge in [0.25, 0.3) is 5.56 Å². The molecule has 1 aromatic carbocycles. The van der Waals surface area contributed by atoms with Gasteiger partial charge in [0.2, 0.25) is 5.91 Å². The van der Waals surface area contributed by atoms with Crippen LogP contribution in [0.4, 0.5) is 5.13 Å². The van der Waals surface area contributed by atoms with E-state index in [-0.39, 0.29) is 17.4 Å². The molecule has 4 rings (SSSR count). The number of rotatable bonds is 6. The van der Waals surface area contributed by atoms with Gasteiger partial charge in [0.1, 0.15) is 11.0 Å². The molecule has 1 atom stereocenters. The van der Waals surface area contributed by atoms with E-state index in [1.54, 1.807) is 10.9 Å². The van der Waals surface area contributed by atoms with E-state index in [1.807, 2.05) is 38.1 Å². The van der Waals surface area contributed by atoms with Crippen molar-refractivity contribution in [3.8, 4) is 0 Å². The molecular formula is C22H27N5O2S. The number of fused-ring (bicyclic) bond motifs is 1. The van der Waals surface area contributed by atoms with Crippen LogP contribution in [0, 0.1) is 12.8 Å². The average molecular weight is 426 g/mol. The van der Waals surface area contributed by atoms with Gasteiger partial charge in [-0.05, 0) is 31.7 Å². The van der Waals surface area contributed by atoms with Crippen LogP contribution in [0.2, 0.25) is 0 Å². The van der Waals surface area contributed by atoms with E-state index in [0.717, 1.165) is 36.5 Å². The van der Waals surface area contributed by atoms with Crippen LogP contribution in [0.25, 0.3) is 10.3 Å². The molecule has 8 heteroatoms. The second-order valence-corrected chi connectivity index (χ2v) is 8.87. The fourth-order valence-electron chi connectivity index (χ4n) is 3.73. The maximum atomic E-state index is 13.0. The Balaban J connectivity index is 1.54. The van der Waals surface area contributed by atoms with Crippen LogP contribution in [0.5, 0.6) is 0 Å². The van der Waals surface area contributed by atoms with E-state index in [4.69, 9.17) is 0 Å². The highest BCUT2D eigenvalue weighted by atomic mass is 32.1. The zero-order valence-electron chi connectivity index (χ0n) is 17.4. The standard InChI is InChI=1S/C22H27N5O2S/c1-3-10-23-20(28)17-5-4-11-26(13-17)22-25-19-18(30-22)21(29)27(14-24-19)12-16-8-6-15(2)7-9-16/h6-9,14,17H,3-5,10-13H2,1-2H3,(H,23,28). The molecule has 1 unspecified atom stereocenters. The van der Waals surface area contributed by atoms with Crippen molar-refractivity contribution >= 4 is 32.7 Å². The third-order valence-corrected chi connectivity index (χ3v) is 6.55. The number of carbonyl (C=O) groups is 1. The van der Waals surface area contributed by atoms with Gasteiger partial charge in [-0.15, -0.1) is 0 Å². The molecular weight excluding hydrogens is 398 g/mol. The largest absolute Gasteiger partial charge is 0.356 e. The number of aryl methyl sites for hydroxylation is 1. The molecule has 30 heavy (non-hydrogen) atoms. The lowest BCUT2D eigenvalue weighted by Crippen LogP contribution is -2.43. The number of nitrogens with one attached hydrogen (secondary N) is 1. The minimum atomic E-state index is -0.0708. The Morgan fingerprint density at radius 2 is 2.10 bits per heavy atom. The van der Waals surface area contributed by atoms with Crippen LogP contribution in [-0.4, -0.2) is 40.1 Å². The van der Waals surface area contributed by atoms with Crippen LogP contribution in [-0.2, 0) is 11.3 Å². The molecule has 1 fully saturated rings. The molecule has 3 heterocycles. The second-order valence-electron chi connectivity index (χ2n) is 7.89. The average Bonchev–Trinajstić information content (AvgIpc) is 3.21. The summed E-state index contributed by atoms with van der Waals surface area (Å²) >= 11 is 1.38. The maximum absolute atomic E-state index is 13.0. The van der Waals surface area contributed by atoms with E-state index in [0.29, 0.717) is 30.0 Å². The summed E-state index contributed by atoms with van der Waals surface area (Å²) in [5, 5.41) is 3.77. The van der Waals surface area contributed by atoms with Crippen molar-refractivity contribution < 1.29 is 4.79 Å². The zero-order valence-corrected chi connectivity index (χ0v) is 18.2. The van der Waals surface area contributed by atoms with Crippen LogP contribution in [0.3, 0.4) is 0 Å². The number of nitrogens with zero attached hydrogens (tertiary/aromatic N) is 4. The van der Waals surface area contributed by atoms with E-state index in [2.05, 4.69) is 20.2 Å². The van der Waals surface area contributed by atoms with Gasteiger partial charge in [-0.1, -0.05) is 48.1 Å². The molecule has 1 saturated heterocycles. The quantitative estimate of drug-likeness (QED) is 0.657. The molecule has 1 aliphatic rings. The molecule has 2 aromatic heterocycles. The molecule has 0 radical (unpaired) electrons. The van der Waals surface area contributed by atoms with Crippen molar-refractivity contribution in [2.45, 2.75) is 39.7 Å². The van der Waals surface area contributed by atoms with Crippen molar-refractivity contribution in [2.75, 3.05) is 24.5 Å². The van der Waals surface area contributed by atoms with Gasteiger partial charge < -0.3 is 10.2 Å². The number of aromatic nitrogens is 3. The summed E-state index contributed by atoms with van der Waals surface area (Å²) in [5.74, 6) is 0.0738. The normalized spacial score (nSPS) is 16.7. The summed E-state index contributed by atoms with van der Waals surface area (Å²) in [4.78, 5) is 36.5. The summed E-state index contributed by atoms with van der Waals surface area (Å²) in [7, 11) is 0. The van der Waals surface area contributed by atoms with Crippen molar-refractivity contribution in [1.29, 1.82) is 0 Å². The number of thiazole rings is 1. The van der Waals surface area contributed by atoms with E-state index in [9.17, 15) is 9.59 Å². The third-order valence-electron chi connectivity index (χ3n) is 5.46. The van der Waals surface area contributed by atoms with Crippen molar-refractivity contribution in [3.63, 3.8) is 0 Å². The predicted molar refractivity (Wildman–Crippen MR) is 120 cm³/mol. The van der Waals surface area contributed by atoms with Crippen LogP contribution < -0.4 is 15.8 Å². The van der Waals surface area contributed by atoms with Crippen LogP contribution >= 0.6 is 11.3 Å². The minimum Gasteiger partial charge on any atom is -0.356 e. The molecule has 1 aliphatic heterocycles. The number of benzene rings is 1. The molecule has 1 amide bonds. The Bertz CT molecular complexity index is 1090. The Morgan fingerprint density at radius 3 is 2.87 bits per heavy atom. The first kappa shape index (κ1) is 20.5. The highest BCUT2D eigenvalue weighted by Crippen LogP contribution is 2.29. The topological polar surface area (TPSA) is 80.1 Å². The Labute approximate surface area is 179 Å². The number of anilines is 1. The lowest BCUT2D eigenvalue weighted by atomic mass is 9.97. The molecule has 0 aliphatic carbocycles. The summed E-state index contributed by atoms with van der Waals surface area (Å²) in [6.07, 6.45) is 4.33. The van der Waals surface area contributed by atoms with Gasteiger partial charge >= 0.3 is 0 Å². The van der Waals surface area contributed by atoms with Crippen LogP contribution in [0.1, 0.15) is 37.3 Å². The van der Waals surface area contributed by atoms with Gasteiger partial charge in [0.05, 0.1) is 12.5 Å². The van der Waals surface area contributed by atoms with Crippen LogP contribution in [0.15, 0.2) is 35.4 Å². The fraction of sp³-hybridized carbons (Fsp3) is 0.455. The summed E-state index contributed by atoms with van der Waals surface area (Å²) < 4.78 is 2.20. The van der Waals surface area contributed by atoms with E-state index >= 15 is 0 Å². The molecule has 7 nitrogen and oxygen atoms in total. The summed E-state index contributed by atoms with van der Waals surface area (Å²) in [6, 6.07) is 8.14. The highest BCUT2D eigenvalue weighted by molar-refractivity contribution is 7.22. The minimum absolute atomic E-state index is 0.0385. The fourth-order valence-corrected chi connectivity index (χ4v) is 4.73. The predicted octanol–water partition coefficient (Wildman–Crippen LogP) is 2.95. The van der Waals surface area contributed by atoms with Gasteiger partial charge in [0.15, 0.2) is 10.8 Å². The second kappa shape index (κ2) is 8.95. The van der Waals surface area contributed by atoms with Gasteiger partial charge in [-0.3, -0.25) is 14.2 Å². The first-order chi connectivity index (χ1) is 14.5. The monoisotopic (exact) mass is 425 g/mol. The van der Waals surface area contributed by atoms with Gasteiger partial charge in [-0.2, -0.15) is 4.98 Å². The van der Waals surface area contributed by atoms with Crippen molar-refractivity contribution in [1.82, 2.24) is 19.9 Å². The summed E-state index contributed by atoms with van der Waals surface area (Å²) in [6.45, 7) is 6.76. The molecule has 0 spiro atoms. The SMILES string of the molecule is CCCNC(=O)C1CCCN(c2nc3ncn(Cc4ccc(C)cc4)c(=O)c3s2)C1. The number of carbonyl (C=O) groups excluding carboxylic acids is 1. The molecule has 158 valence electrons. The van der Waals surface area contributed by atoms with E-state index < -0.39 is 0 Å². The lowest BCUT2D eigenvalue weighted by Gasteiger charge is -2.31. The lowest BCUT2D eigenvalue weighted by molar-refractivity contribution is -0.125. The first-order valence-electron chi connectivity index (χ1n) is 10.5. The first-order valence-corrected chi connectivity index (χ1v) is 11.3. The van der Waals surface area contributed by atoms with Gasteiger partial charge in [0, 0.05) is 19.6 Å². The van der Waals surface area contributed by atoms with Gasteiger partial charge in [-0.25, -0.2) is 4.98 Å². The van der Waals surface area contributed by atoms with E-state index in [1.165, 1.54) is 16.9 Å². The molecule has 3 aromatic rings. The third kappa shape index (κ3) is 4.38. The Morgan fingerprint density at radius 1 is 1.30 bits per heavy atom. The number of piperidine rings is 1. The molecule has 0 saturated carbocycles. The molecule has 1 N–H and O–H groups in total. The number of amides is 1. The molecule has 0 bridgehead atoms. The number of hydrogen-bond donors (Lipinski definition) is 1.